The lowest BCUT2D eigenvalue weighted by Crippen LogP contribution is -2.44. The van der Waals surface area contributed by atoms with Crippen LogP contribution >= 0.6 is 0 Å². The Hall–Kier alpha value is -3.13. The summed E-state index contributed by atoms with van der Waals surface area (Å²) in [7, 11) is 5.28. The third-order valence-corrected chi connectivity index (χ3v) is 6.65. The maximum Gasteiger partial charge on any atom is 0.230 e. The van der Waals surface area contributed by atoms with E-state index in [1.54, 1.807) is 30.2 Å². The lowest BCUT2D eigenvalue weighted by molar-refractivity contribution is -0.143. The van der Waals surface area contributed by atoms with Gasteiger partial charge in [0.05, 0.1) is 38.1 Å². The highest BCUT2D eigenvalue weighted by molar-refractivity contribution is 5.93. The number of amides is 2. The summed E-state index contributed by atoms with van der Waals surface area (Å²) in [6, 6.07) is 7.69. The minimum atomic E-state index is -0.717. The molecule has 1 aromatic heterocycles. The smallest absolute Gasteiger partial charge is 0.230 e. The predicted octanol–water partition coefficient (Wildman–Crippen LogP) is 1.37. The summed E-state index contributed by atoms with van der Waals surface area (Å²) < 4.78 is 13.4. The quantitative estimate of drug-likeness (QED) is 0.658. The largest absolute Gasteiger partial charge is 0.497 e. The summed E-state index contributed by atoms with van der Waals surface area (Å²) in [5.74, 6) is 0.424. The number of aryl methyl sites for hydroxylation is 1. The number of hydrogen-bond donors (Lipinski definition) is 0. The Balaban J connectivity index is 1.36. The van der Waals surface area contributed by atoms with E-state index >= 15 is 0 Å². The van der Waals surface area contributed by atoms with Crippen LogP contribution in [0.4, 0.5) is 0 Å². The summed E-state index contributed by atoms with van der Waals surface area (Å²) in [5.41, 5.74) is 0.266. The van der Waals surface area contributed by atoms with Gasteiger partial charge in [-0.05, 0) is 17.7 Å². The molecule has 3 aliphatic rings. The highest BCUT2D eigenvalue weighted by Crippen LogP contribution is 2.52. The van der Waals surface area contributed by atoms with E-state index in [0.717, 1.165) is 17.1 Å². The van der Waals surface area contributed by atoms with Gasteiger partial charge in [0.15, 0.2) is 0 Å². The first-order valence-corrected chi connectivity index (χ1v) is 10.4. The van der Waals surface area contributed by atoms with Gasteiger partial charge < -0.3 is 23.8 Å². The van der Waals surface area contributed by atoms with Gasteiger partial charge in [0.1, 0.15) is 17.2 Å². The fourth-order valence-electron chi connectivity index (χ4n) is 5.08. The number of carbonyl (C=O) groups excluding carboxylic acids is 2. The number of aromatic nitrogens is 2. The van der Waals surface area contributed by atoms with Crippen LogP contribution in [-0.2, 0) is 34.5 Å². The van der Waals surface area contributed by atoms with Gasteiger partial charge in [0.25, 0.3) is 0 Å². The van der Waals surface area contributed by atoms with Gasteiger partial charge in [-0.2, -0.15) is 0 Å². The molecule has 3 aliphatic heterocycles. The molecule has 31 heavy (non-hydrogen) atoms. The second kappa shape index (κ2) is 7.23. The molecule has 4 heterocycles. The van der Waals surface area contributed by atoms with E-state index in [1.807, 2.05) is 54.2 Å². The fraction of sp³-hybridized carbons (Fsp3) is 0.435. The number of methoxy groups -OCH3 is 1. The molecule has 2 saturated heterocycles. The molecule has 4 atom stereocenters. The molecule has 0 aliphatic carbocycles. The summed E-state index contributed by atoms with van der Waals surface area (Å²) >= 11 is 0. The van der Waals surface area contributed by atoms with Crippen LogP contribution in [0.3, 0.4) is 0 Å². The van der Waals surface area contributed by atoms with E-state index in [1.165, 1.54) is 0 Å². The molecular weight excluding hydrogens is 396 g/mol. The first-order valence-electron chi connectivity index (χ1n) is 10.4. The molecular formula is C23H26N4O4. The first kappa shape index (κ1) is 19.8. The standard InChI is InChI=1S/C23H26N4O4/c1-25-10-9-24-18(25)13-26(2)21(28)19-17-7-8-23(31-17)14-27(22(29)20(19)23)12-15-5-4-6-16(11-15)30-3/h4-11,17,19-20H,12-14H2,1-3H3/t17-,19+,20+,23-/m0/s1. The molecule has 8 heteroatoms. The summed E-state index contributed by atoms with van der Waals surface area (Å²) in [4.78, 5) is 34.6. The van der Waals surface area contributed by atoms with Gasteiger partial charge in [-0.1, -0.05) is 24.3 Å². The number of fused-ring (bicyclic) bond motifs is 1. The topological polar surface area (TPSA) is 76.9 Å². The maximum atomic E-state index is 13.4. The molecule has 0 unspecified atom stereocenters. The Morgan fingerprint density at radius 3 is 3.00 bits per heavy atom. The predicted molar refractivity (Wildman–Crippen MR) is 112 cm³/mol. The SMILES string of the molecule is COc1cccc(CN2C[C@]34C=C[C@H](O3)[C@@H](C(=O)N(C)Cc3nccn3C)[C@@H]4C2=O)c1. The number of benzene rings is 1. The van der Waals surface area contributed by atoms with Crippen molar-refractivity contribution < 1.29 is 19.1 Å². The zero-order chi connectivity index (χ0) is 21.8. The minimum Gasteiger partial charge on any atom is -0.497 e. The number of ether oxygens (including phenoxy) is 2. The van der Waals surface area contributed by atoms with Crippen LogP contribution in [0.1, 0.15) is 11.4 Å². The van der Waals surface area contributed by atoms with Gasteiger partial charge >= 0.3 is 0 Å². The summed E-state index contributed by atoms with van der Waals surface area (Å²) in [5, 5.41) is 0. The normalized spacial score (nSPS) is 28.3. The zero-order valence-corrected chi connectivity index (χ0v) is 17.9. The highest BCUT2D eigenvalue weighted by Gasteiger charge is 2.67. The van der Waals surface area contributed by atoms with E-state index < -0.39 is 17.4 Å². The molecule has 2 aromatic rings. The van der Waals surface area contributed by atoms with Gasteiger partial charge in [-0.25, -0.2) is 4.98 Å². The molecule has 2 amide bonds. The van der Waals surface area contributed by atoms with E-state index in [2.05, 4.69) is 4.98 Å². The Morgan fingerprint density at radius 2 is 2.26 bits per heavy atom. The van der Waals surface area contributed by atoms with Gasteiger partial charge in [-0.3, -0.25) is 9.59 Å². The zero-order valence-electron chi connectivity index (χ0n) is 17.9. The molecule has 0 N–H and O–H groups in total. The van der Waals surface area contributed by atoms with Gasteiger partial charge in [-0.15, -0.1) is 0 Å². The third kappa shape index (κ3) is 3.13. The van der Waals surface area contributed by atoms with Crippen molar-refractivity contribution in [2.75, 3.05) is 20.7 Å². The minimum absolute atomic E-state index is 0.0292. The molecule has 1 spiro atoms. The molecule has 0 saturated carbocycles. The number of likely N-dealkylation sites (tertiary alicyclic amines) is 1. The van der Waals surface area contributed by atoms with Crippen LogP contribution in [0.15, 0.2) is 48.8 Å². The van der Waals surface area contributed by atoms with Crippen LogP contribution in [0.25, 0.3) is 0 Å². The van der Waals surface area contributed by atoms with Crippen LogP contribution in [-0.4, -0.2) is 63.6 Å². The molecule has 8 nitrogen and oxygen atoms in total. The van der Waals surface area contributed by atoms with Crippen LogP contribution in [0.5, 0.6) is 5.75 Å². The summed E-state index contributed by atoms with van der Waals surface area (Å²) in [6.45, 7) is 1.30. The monoisotopic (exact) mass is 422 g/mol. The van der Waals surface area contributed by atoms with Crippen molar-refractivity contribution >= 4 is 11.8 Å². The van der Waals surface area contributed by atoms with Crippen LogP contribution < -0.4 is 4.74 Å². The second-order valence-electron chi connectivity index (χ2n) is 8.59. The van der Waals surface area contributed by atoms with Crippen molar-refractivity contribution in [1.29, 1.82) is 0 Å². The van der Waals surface area contributed by atoms with Crippen LogP contribution in [0, 0.1) is 11.8 Å². The molecule has 2 bridgehead atoms. The van der Waals surface area contributed by atoms with Crippen molar-refractivity contribution in [3.63, 3.8) is 0 Å². The average Bonchev–Trinajstić information content (AvgIpc) is 3.50. The van der Waals surface area contributed by atoms with Gasteiger partial charge in [0, 0.05) is 33.0 Å². The fourth-order valence-corrected chi connectivity index (χ4v) is 5.08. The Kier molecular flexibility index (Phi) is 4.62. The van der Waals surface area contributed by atoms with Crippen molar-refractivity contribution in [2.24, 2.45) is 18.9 Å². The number of hydrogen-bond acceptors (Lipinski definition) is 5. The Bertz CT molecular complexity index is 1060. The van der Waals surface area contributed by atoms with E-state index in [4.69, 9.17) is 9.47 Å². The lowest BCUT2D eigenvalue weighted by atomic mass is 9.76. The van der Waals surface area contributed by atoms with E-state index in [0.29, 0.717) is 19.6 Å². The van der Waals surface area contributed by atoms with Crippen molar-refractivity contribution in [3.8, 4) is 5.75 Å². The first-order chi connectivity index (χ1) is 14.9. The van der Waals surface area contributed by atoms with Gasteiger partial charge in [0.2, 0.25) is 11.8 Å². The van der Waals surface area contributed by atoms with Crippen molar-refractivity contribution in [2.45, 2.75) is 24.8 Å². The number of carbonyl (C=O) groups is 2. The number of rotatable bonds is 6. The summed E-state index contributed by atoms with van der Waals surface area (Å²) in [6.07, 6.45) is 7.13. The number of imidazole rings is 1. The second-order valence-corrected chi connectivity index (χ2v) is 8.59. The third-order valence-electron chi connectivity index (χ3n) is 6.65. The molecule has 5 rings (SSSR count). The number of nitrogens with zero attached hydrogens (tertiary/aromatic N) is 4. The van der Waals surface area contributed by atoms with E-state index in [9.17, 15) is 9.59 Å². The van der Waals surface area contributed by atoms with E-state index in [-0.39, 0.29) is 17.9 Å². The Labute approximate surface area is 181 Å². The molecule has 0 radical (unpaired) electrons. The van der Waals surface area contributed by atoms with Crippen LogP contribution in [0.2, 0.25) is 0 Å². The molecule has 162 valence electrons. The average molecular weight is 422 g/mol. The highest BCUT2D eigenvalue weighted by atomic mass is 16.5. The molecule has 2 fully saturated rings. The Morgan fingerprint density at radius 1 is 1.42 bits per heavy atom. The van der Waals surface area contributed by atoms with Crippen molar-refractivity contribution in [1.82, 2.24) is 19.4 Å². The van der Waals surface area contributed by atoms with Crippen molar-refractivity contribution in [3.05, 3.63) is 60.2 Å². The lowest BCUT2D eigenvalue weighted by Gasteiger charge is -2.27. The maximum absolute atomic E-state index is 13.4. The molecule has 1 aromatic carbocycles.